The maximum Gasteiger partial charge on any atom is 0.416 e. The molecule has 0 spiro atoms. The molecule has 1 atom stereocenters. The minimum Gasteiger partial charge on any atom is -0.481 e. The molecule has 1 aromatic rings. The van der Waals surface area contributed by atoms with Gasteiger partial charge in [0.1, 0.15) is 5.82 Å². The van der Waals surface area contributed by atoms with Crippen LogP contribution in [0.15, 0.2) is 18.2 Å². The van der Waals surface area contributed by atoms with E-state index < -0.39 is 35.9 Å². The predicted octanol–water partition coefficient (Wildman–Crippen LogP) is 2.36. The molecule has 0 aliphatic heterocycles. The summed E-state index contributed by atoms with van der Waals surface area (Å²) in [6.45, 7) is -0.263. The number of hydrogen-bond acceptors (Lipinski definition) is 2. The molecule has 18 heavy (non-hydrogen) atoms. The van der Waals surface area contributed by atoms with Gasteiger partial charge in [0.05, 0.1) is 12.0 Å². The van der Waals surface area contributed by atoms with E-state index in [0.29, 0.717) is 6.07 Å². The van der Waals surface area contributed by atoms with E-state index in [9.17, 15) is 22.4 Å². The number of aliphatic carboxylic acids is 1. The second-order valence-electron chi connectivity index (χ2n) is 3.76. The molecule has 0 heterocycles. The fraction of sp³-hybridized carbons (Fsp3) is 0.364. The number of rotatable bonds is 4. The molecule has 0 radical (unpaired) electrons. The molecular weight excluding hydrogens is 254 g/mol. The summed E-state index contributed by atoms with van der Waals surface area (Å²) in [7, 11) is 0. The lowest BCUT2D eigenvalue weighted by molar-refractivity contribution is -0.140. The minimum atomic E-state index is -4.75. The second-order valence-corrected chi connectivity index (χ2v) is 3.76. The van der Waals surface area contributed by atoms with Gasteiger partial charge in [0, 0.05) is 5.92 Å². The molecular formula is C11H11F4NO2. The third-order valence-electron chi connectivity index (χ3n) is 2.47. The fourth-order valence-corrected chi connectivity index (χ4v) is 1.66. The number of hydrogen-bond donors (Lipinski definition) is 2. The summed E-state index contributed by atoms with van der Waals surface area (Å²) in [6, 6.07) is 2.13. The van der Waals surface area contributed by atoms with E-state index in [1.54, 1.807) is 0 Å². The van der Waals surface area contributed by atoms with Crippen LogP contribution in [0.3, 0.4) is 0 Å². The molecule has 0 amide bonds. The molecule has 0 aromatic heterocycles. The Hall–Kier alpha value is -1.63. The van der Waals surface area contributed by atoms with Gasteiger partial charge in [0.15, 0.2) is 0 Å². The van der Waals surface area contributed by atoms with Gasteiger partial charge >= 0.3 is 12.1 Å². The lowest BCUT2D eigenvalue weighted by atomic mass is 9.91. The van der Waals surface area contributed by atoms with Crippen molar-refractivity contribution < 1.29 is 27.5 Å². The third kappa shape index (κ3) is 3.43. The molecule has 3 nitrogen and oxygen atoms in total. The van der Waals surface area contributed by atoms with Crippen molar-refractivity contribution in [3.63, 3.8) is 0 Å². The van der Waals surface area contributed by atoms with Gasteiger partial charge in [-0.2, -0.15) is 13.2 Å². The van der Waals surface area contributed by atoms with Crippen molar-refractivity contribution >= 4 is 5.97 Å². The standard InChI is InChI=1S/C11H11F4NO2/c12-7-1-2-8(6(5-16)3-10(17)18)9(4-7)11(13,14)15/h1-2,4,6H,3,5,16H2,(H,17,18). The Bertz CT molecular complexity index is 445. The summed E-state index contributed by atoms with van der Waals surface area (Å²) < 4.78 is 51.0. The van der Waals surface area contributed by atoms with Crippen LogP contribution in [0, 0.1) is 5.82 Å². The molecule has 3 N–H and O–H groups in total. The van der Waals surface area contributed by atoms with Crippen LogP contribution in [-0.2, 0) is 11.0 Å². The maximum absolute atomic E-state index is 12.9. The summed E-state index contributed by atoms with van der Waals surface area (Å²) in [5, 5.41) is 8.61. The molecule has 7 heteroatoms. The van der Waals surface area contributed by atoms with Crippen LogP contribution in [0.4, 0.5) is 17.6 Å². The van der Waals surface area contributed by atoms with Gasteiger partial charge in [-0.1, -0.05) is 6.07 Å². The zero-order chi connectivity index (χ0) is 13.9. The van der Waals surface area contributed by atoms with Crippen molar-refractivity contribution in [1.29, 1.82) is 0 Å². The van der Waals surface area contributed by atoms with Crippen molar-refractivity contribution in [3.05, 3.63) is 35.1 Å². The Morgan fingerprint density at radius 1 is 1.39 bits per heavy atom. The van der Waals surface area contributed by atoms with E-state index in [0.717, 1.165) is 12.1 Å². The molecule has 0 fully saturated rings. The highest BCUT2D eigenvalue weighted by Gasteiger charge is 2.35. The minimum absolute atomic E-state index is 0.263. The predicted molar refractivity (Wildman–Crippen MR) is 55.5 cm³/mol. The monoisotopic (exact) mass is 265 g/mol. The largest absolute Gasteiger partial charge is 0.481 e. The molecule has 100 valence electrons. The molecule has 0 saturated carbocycles. The molecule has 0 aliphatic carbocycles. The number of carboxylic acids is 1. The van der Waals surface area contributed by atoms with E-state index in [2.05, 4.69) is 0 Å². The summed E-state index contributed by atoms with van der Waals surface area (Å²) in [5.74, 6) is -3.29. The molecule has 0 bridgehead atoms. The van der Waals surface area contributed by atoms with Crippen LogP contribution < -0.4 is 5.73 Å². The number of benzene rings is 1. The Morgan fingerprint density at radius 3 is 2.44 bits per heavy atom. The fourth-order valence-electron chi connectivity index (χ4n) is 1.66. The Kier molecular flexibility index (Phi) is 4.28. The molecule has 0 saturated heterocycles. The highest BCUT2D eigenvalue weighted by Crippen LogP contribution is 2.36. The number of nitrogens with two attached hydrogens (primary N) is 1. The molecule has 1 unspecified atom stereocenters. The van der Waals surface area contributed by atoms with Gasteiger partial charge in [0.25, 0.3) is 0 Å². The first-order chi connectivity index (χ1) is 8.25. The van der Waals surface area contributed by atoms with Crippen LogP contribution in [0.25, 0.3) is 0 Å². The number of halogens is 4. The SMILES string of the molecule is NCC(CC(=O)O)c1ccc(F)cc1C(F)(F)F. The van der Waals surface area contributed by atoms with Gasteiger partial charge in [0.2, 0.25) is 0 Å². The normalized spacial score (nSPS) is 13.4. The van der Waals surface area contributed by atoms with E-state index in [-0.39, 0.29) is 12.1 Å². The number of carboxylic acid groups (broad SMARTS) is 1. The van der Waals surface area contributed by atoms with Gasteiger partial charge in [-0.05, 0) is 24.2 Å². The van der Waals surface area contributed by atoms with Crippen LogP contribution in [0.5, 0.6) is 0 Å². The quantitative estimate of drug-likeness (QED) is 0.821. The van der Waals surface area contributed by atoms with Crippen molar-refractivity contribution in [1.82, 2.24) is 0 Å². The smallest absolute Gasteiger partial charge is 0.416 e. The first kappa shape index (κ1) is 14.4. The Labute approximate surface area is 100 Å². The van der Waals surface area contributed by atoms with E-state index in [1.165, 1.54) is 0 Å². The third-order valence-corrected chi connectivity index (χ3v) is 2.47. The van der Waals surface area contributed by atoms with E-state index in [4.69, 9.17) is 10.8 Å². The van der Waals surface area contributed by atoms with Gasteiger partial charge in [-0.15, -0.1) is 0 Å². The first-order valence-electron chi connectivity index (χ1n) is 5.04. The first-order valence-corrected chi connectivity index (χ1v) is 5.04. The van der Waals surface area contributed by atoms with Crippen LogP contribution >= 0.6 is 0 Å². The Morgan fingerprint density at radius 2 is 2.00 bits per heavy atom. The average molecular weight is 265 g/mol. The van der Waals surface area contributed by atoms with Crippen molar-refractivity contribution in [2.45, 2.75) is 18.5 Å². The number of carbonyl (C=O) groups is 1. The highest BCUT2D eigenvalue weighted by molar-refractivity contribution is 5.68. The van der Waals surface area contributed by atoms with Crippen molar-refractivity contribution in [3.8, 4) is 0 Å². The summed E-state index contributed by atoms with van der Waals surface area (Å²) in [4.78, 5) is 10.6. The zero-order valence-electron chi connectivity index (χ0n) is 9.17. The lowest BCUT2D eigenvalue weighted by Crippen LogP contribution is -2.20. The maximum atomic E-state index is 12.9. The average Bonchev–Trinajstić information content (AvgIpc) is 2.24. The van der Waals surface area contributed by atoms with Crippen molar-refractivity contribution in [2.75, 3.05) is 6.54 Å². The second kappa shape index (κ2) is 5.34. The van der Waals surface area contributed by atoms with Crippen molar-refractivity contribution in [2.24, 2.45) is 5.73 Å². The van der Waals surface area contributed by atoms with Gasteiger partial charge in [-0.25, -0.2) is 4.39 Å². The summed E-state index contributed by atoms with van der Waals surface area (Å²) in [6.07, 6.45) is -5.28. The Balaban J connectivity index is 3.25. The van der Waals surface area contributed by atoms with Crippen LogP contribution in [-0.4, -0.2) is 17.6 Å². The van der Waals surface area contributed by atoms with E-state index >= 15 is 0 Å². The molecule has 0 aliphatic rings. The number of alkyl halides is 3. The van der Waals surface area contributed by atoms with Gasteiger partial charge in [-0.3, -0.25) is 4.79 Å². The zero-order valence-corrected chi connectivity index (χ0v) is 9.17. The summed E-state index contributed by atoms with van der Waals surface area (Å²) >= 11 is 0. The highest BCUT2D eigenvalue weighted by atomic mass is 19.4. The molecule has 1 rings (SSSR count). The molecule has 1 aromatic carbocycles. The van der Waals surface area contributed by atoms with E-state index in [1.807, 2.05) is 0 Å². The summed E-state index contributed by atoms with van der Waals surface area (Å²) in [5.41, 5.74) is 3.80. The lowest BCUT2D eigenvalue weighted by Gasteiger charge is -2.19. The van der Waals surface area contributed by atoms with Crippen LogP contribution in [0.1, 0.15) is 23.5 Å². The topological polar surface area (TPSA) is 63.3 Å². The van der Waals surface area contributed by atoms with Gasteiger partial charge < -0.3 is 10.8 Å². The van der Waals surface area contributed by atoms with Crippen LogP contribution in [0.2, 0.25) is 0 Å².